The molecule has 0 saturated heterocycles. The van der Waals surface area contributed by atoms with Gasteiger partial charge in [0.15, 0.2) is 6.10 Å². The van der Waals surface area contributed by atoms with Crippen LogP contribution >= 0.6 is 11.6 Å². The van der Waals surface area contributed by atoms with Gasteiger partial charge in [-0.2, -0.15) is 0 Å². The van der Waals surface area contributed by atoms with Crippen LogP contribution < -0.4 is 34.9 Å². The molecule has 86 heavy (non-hydrogen) atoms. The topological polar surface area (TPSA) is 324 Å². The number of carbonyl (C=O) groups is 6. The number of nitrogens with one attached hydrogen (secondary N) is 6. The first-order valence-corrected chi connectivity index (χ1v) is 29.9. The Bertz CT molecular complexity index is 4210. The summed E-state index contributed by atoms with van der Waals surface area (Å²) in [5.41, 5.74) is 2.77. The third kappa shape index (κ3) is 16.8. The molecule has 3 atom stereocenters. The lowest BCUT2D eigenvalue weighted by molar-refractivity contribution is -0.122. The number of halogens is 3. The molecule has 0 aliphatic heterocycles. The van der Waals surface area contributed by atoms with E-state index in [-0.39, 0.29) is 36.4 Å². The summed E-state index contributed by atoms with van der Waals surface area (Å²) < 4.78 is 127. The number of aryl methyl sites for hydroxylation is 1. The number of anilines is 3. The van der Waals surface area contributed by atoms with Crippen LogP contribution in [0.4, 0.5) is 40.2 Å². The van der Waals surface area contributed by atoms with E-state index < -0.39 is 84.2 Å². The van der Waals surface area contributed by atoms with Crippen molar-refractivity contribution >= 4 is 117 Å². The lowest BCUT2D eigenvalue weighted by atomic mass is 10.2. The van der Waals surface area contributed by atoms with Gasteiger partial charge in [0.2, 0.25) is 11.8 Å². The zero-order valence-corrected chi connectivity index (χ0v) is 49.7. The average molecular weight is 1280 g/mol. The summed E-state index contributed by atoms with van der Waals surface area (Å²) in [4.78, 5) is 70.3. The third-order valence-corrected chi connectivity index (χ3v) is 16.5. The molecule has 0 saturated carbocycles. The second-order valence-corrected chi connectivity index (χ2v) is 23.6. The molecule has 8 aromatic rings. The van der Waals surface area contributed by atoms with Crippen LogP contribution in [0, 0.1) is 18.6 Å². The number of aromatic nitrogens is 2. The number of para-hydroxylation sites is 1. The van der Waals surface area contributed by atoms with Crippen molar-refractivity contribution in [3.05, 3.63) is 174 Å². The van der Waals surface area contributed by atoms with E-state index in [4.69, 9.17) is 16.3 Å². The summed E-state index contributed by atoms with van der Waals surface area (Å²) in [7, 11) is -9.06. The Balaban J connectivity index is 0. The lowest BCUT2D eigenvalue weighted by Crippen LogP contribution is -2.31. The number of ether oxygens (including phenoxy) is 4. The van der Waals surface area contributed by atoms with Crippen molar-refractivity contribution in [1.29, 1.82) is 0 Å². The van der Waals surface area contributed by atoms with E-state index in [1.165, 1.54) is 89.5 Å². The number of benzene rings is 6. The fourth-order valence-electron chi connectivity index (χ4n) is 7.75. The Kier molecular flexibility index (Phi) is 21.6. The van der Waals surface area contributed by atoms with E-state index in [1.54, 1.807) is 106 Å². The number of rotatable bonds is 16. The predicted octanol–water partition coefficient (Wildman–Crippen LogP) is 10.9. The minimum atomic E-state index is -4.08. The minimum Gasteiger partial charge on any atom is -0.481 e. The van der Waals surface area contributed by atoms with Gasteiger partial charge in [-0.3, -0.25) is 14.4 Å². The zero-order valence-electron chi connectivity index (χ0n) is 46.5. The van der Waals surface area contributed by atoms with Crippen LogP contribution in [0.3, 0.4) is 0 Å². The van der Waals surface area contributed by atoms with Crippen LogP contribution in [0.1, 0.15) is 48.4 Å². The third-order valence-electron chi connectivity index (χ3n) is 12.3. The Morgan fingerprint density at radius 2 is 0.919 bits per heavy atom. The largest absolute Gasteiger partial charge is 0.481 e. The fraction of sp³-hybridized carbons (Fsp3) is 0.179. The van der Waals surface area contributed by atoms with Gasteiger partial charge in [0.05, 0.1) is 47.0 Å². The van der Waals surface area contributed by atoms with E-state index >= 15 is 0 Å². The molecule has 1 unspecified atom stereocenters. The molecule has 0 aliphatic carbocycles. The van der Waals surface area contributed by atoms with Gasteiger partial charge >= 0.3 is 18.3 Å². The number of carbonyl (C=O) groups excluding carboxylic acids is 6. The molecular formula is C56H69ClF2N8O16S3. The highest BCUT2D eigenvalue weighted by Crippen LogP contribution is 2.27. The second-order valence-electron chi connectivity index (χ2n) is 18.2. The Labute approximate surface area is 507 Å². The summed E-state index contributed by atoms with van der Waals surface area (Å²) in [6.07, 6.45) is -0.850. The zero-order chi connectivity index (χ0) is 63.3. The molecule has 0 radical (unpaired) electrons. The van der Waals surface area contributed by atoms with Crippen LogP contribution in [0.2, 0.25) is 5.02 Å². The Hall–Kier alpha value is -9.58. The molecule has 8 rings (SSSR count). The number of methoxy groups -OCH3 is 3. The monoisotopic (exact) mass is 1280 g/mol. The van der Waals surface area contributed by atoms with Crippen LogP contribution in [0.25, 0.3) is 21.8 Å². The van der Waals surface area contributed by atoms with E-state index in [9.17, 15) is 62.8 Å². The van der Waals surface area contributed by atoms with Gasteiger partial charge in [-0.1, -0.05) is 29.8 Å². The van der Waals surface area contributed by atoms with E-state index in [0.717, 1.165) is 26.9 Å². The van der Waals surface area contributed by atoms with Crippen LogP contribution in [-0.4, -0.2) is 97.8 Å². The molecule has 24 nitrogen and oxygen atoms in total. The fourth-order valence-corrected chi connectivity index (χ4v) is 10.7. The summed E-state index contributed by atoms with van der Waals surface area (Å²) in [6, 6.07) is 32.1. The standard InChI is InChI=1S/2C19H18FN3O5S.C18H19ClN2O6S.7H2/c1-12(23-11-10-15-16(20)4-3-5-17(15)23)18(24)21-13-6-8-14(9-7-13)29(26,27)22-19(25)28-2;1-12(23-11-10-13-4-3-5-16(20)17(13)23)18(24)21-14-6-8-15(9-7-14)29(26,27)22-19(25)28-2;1-11-10-13(19)4-9-16(11)27-12(2)17(22)20-14-5-7-15(8-6-14)28(24,25)21-18(23)26-3;;;;;;;/h2*3-12H,1-2H3,(H,21,24)(H,22,25);4-10,12H,1-3H3,(H,20,22)(H,21,23);7*1H/t2*12-;;;;;;;;/m11......../s1. The smallest absolute Gasteiger partial charge is 0.420 e. The number of hydrogen-bond acceptors (Lipinski definition) is 16. The first-order chi connectivity index (χ1) is 40.6. The summed E-state index contributed by atoms with van der Waals surface area (Å²) >= 11 is 5.90. The summed E-state index contributed by atoms with van der Waals surface area (Å²) in [5.74, 6) is -1.46. The Morgan fingerprint density at radius 3 is 1.36 bits per heavy atom. The first kappa shape index (κ1) is 65.6. The molecule has 0 fully saturated rings. The summed E-state index contributed by atoms with van der Waals surface area (Å²) in [5, 5.41) is 9.62. The van der Waals surface area contributed by atoms with Crippen LogP contribution in [-0.2, 0) is 58.7 Å². The van der Waals surface area contributed by atoms with Crippen molar-refractivity contribution in [2.24, 2.45) is 0 Å². The van der Waals surface area contributed by atoms with Crippen molar-refractivity contribution in [3.8, 4) is 5.75 Å². The molecule has 6 aromatic carbocycles. The predicted molar refractivity (Wildman–Crippen MR) is 328 cm³/mol. The number of nitrogens with zero attached hydrogens (tertiary/aromatic N) is 2. The van der Waals surface area contributed by atoms with Crippen molar-refractivity contribution in [3.63, 3.8) is 0 Å². The van der Waals surface area contributed by atoms with E-state index in [0.29, 0.717) is 49.6 Å². The highest BCUT2D eigenvalue weighted by atomic mass is 35.5. The first-order valence-electron chi connectivity index (χ1n) is 25.1. The number of fused-ring (bicyclic) bond motifs is 2. The van der Waals surface area contributed by atoms with Crippen molar-refractivity contribution < 1.29 is 91.7 Å². The van der Waals surface area contributed by atoms with Gasteiger partial charge < -0.3 is 44.0 Å². The van der Waals surface area contributed by atoms with Crippen LogP contribution in [0.15, 0.2) is 167 Å². The van der Waals surface area contributed by atoms with Crippen molar-refractivity contribution in [2.45, 2.75) is 60.6 Å². The maximum atomic E-state index is 14.2. The van der Waals surface area contributed by atoms with Crippen molar-refractivity contribution in [2.75, 3.05) is 37.3 Å². The summed E-state index contributed by atoms with van der Waals surface area (Å²) in [6.45, 7) is 6.69. The van der Waals surface area contributed by atoms with Gasteiger partial charge in [-0.25, -0.2) is 62.6 Å². The van der Waals surface area contributed by atoms with Gasteiger partial charge in [0, 0.05) is 55.2 Å². The van der Waals surface area contributed by atoms with Gasteiger partial charge in [-0.15, -0.1) is 0 Å². The van der Waals surface area contributed by atoms with Gasteiger partial charge in [0.1, 0.15) is 29.5 Å². The van der Waals surface area contributed by atoms with E-state index in [2.05, 4.69) is 30.2 Å². The minimum absolute atomic E-state index is 0. The molecule has 0 aliphatic rings. The number of hydrogen-bond donors (Lipinski definition) is 6. The van der Waals surface area contributed by atoms with Gasteiger partial charge in [-0.05, 0) is 155 Å². The van der Waals surface area contributed by atoms with Gasteiger partial charge in [0.25, 0.3) is 36.0 Å². The molecule has 0 bridgehead atoms. The molecule has 468 valence electrons. The molecule has 6 amide bonds. The lowest BCUT2D eigenvalue weighted by Gasteiger charge is -2.16. The quantitative estimate of drug-likeness (QED) is 0.0490. The van der Waals surface area contributed by atoms with Crippen molar-refractivity contribution in [1.82, 2.24) is 23.3 Å². The van der Waals surface area contributed by atoms with E-state index in [1.807, 2.05) is 6.92 Å². The molecule has 30 heteroatoms. The SMILES string of the molecule is COC(=O)NS(=O)(=O)c1ccc(NC(=O)C(C)Oc2ccc(Cl)cc2C)cc1.COC(=O)NS(=O)(=O)c1ccc(NC(=O)[C@@H](C)n2ccc3c(F)cccc32)cc1.COC(=O)NS(=O)(=O)c1ccc(NC(=O)[C@@H](C)n2ccc3cccc(F)c32)cc1.[HH].[HH].[HH].[HH].[HH].[HH].[HH]. The molecule has 2 aromatic heterocycles. The molecule has 6 N–H and O–H groups in total. The maximum absolute atomic E-state index is 14.2. The second kappa shape index (κ2) is 28.3. The Morgan fingerprint density at radius 1 is 0.512 bits per heavy atom. The number of amides is 6. The molecule has 2 heterocycles. The molecular weight excluding hydrogens is 1210 g/mol. The normalized spacial score (nSPS) is 12.3. The highest BCUT2D eigenvalue weighted by Gasteiger charge is 2.24. The number of sulfonamides is 3. The van der Waals surface area contributed by atoms with Crippen LogP contribution in [0.5, 0.6) is 5.75 Å². The average Bonchev–Trinajstić information content (AvgIpc) is 1.74. The highest BCUT2D eigenvalue weighted by molar-refractivity contribution is 7.90. The maximum Gasteiger partial charge on any atom is 0.420 e. The molecule has 0 spiro atoms.